The molecule has 1 saturated heterocycles. The van der Waals surface area contributed by atoms with Gasteiger partial charge in [0.25, 0.3) is 0 Å². The van der Waals surface area contributed by atoms with Gasteiger partial charge >= 0.3 is 17.9 Å². The van der Waals surface area contributed by atoms with Crippen molar-refractivity contribution in [3.05, 3.63) is 95.3 Å². The fraction of sp³-hybridized carbons (Fsp3) is 0.355. The van der Waals surface area contributed by atoms with Crippen LogP contribution in [0.15, 0.2) is 67.0 Å². The summed E-state index contributed by atoms with van der Waals surface area (Å²) in [4.78, 5) is 45.4. The van der Waals surface area contributed by atoms with Crippen LogP contribution in [-0.2, 0) is 25.5 Å². The minimum absolute atomic E-state index is 0.00159. The average molecular weight is 564 g/mol. The van der Waals surface area contributed by atoms with Crippen molar-refractivity contribution in [3.63, 3.8) is 0 Å². The van der Waals surface area contributed by atoms with Gasteiger partial charge in [0, 0.05) is 42.9 Å². The third-order valence-electron chi connectivity index (χ3n) is 8.44. The fourth-order valence-corrected chi connectivity index (χ4v) is 5.99. The number of carboxylic acid groups (broad SMARTS) is 2. The first-order chi connectivity index (χ1) is 19.5. The van der Waals surface area contributed by atoms with Gasteiger partial charge in [-0.2, -0.15) is 0 Å². The molecule has 0 radical (unpaired) electrons. The number of H-pyrrole nitrogens is 1. The number of aromatic amines is 1. The summed E-state index contributed by atoms with van der Waals surface area (Å²) in [7, 11) is 0. The number of halogens is 1. The Labute approximate surface area is 237 Å². The second-order valence-corrected chi connectivity index (χ2v) is 10.7. The SMILES string of the molecule is CC1NC(C)C(CCOC(=O)C=Cc2ccc(Cc3ncc[nH]3)cc2)(C(=O)O)C(c2ccccc2F)C1(C)C(=O)O. The first kappa shape index (κ1) is 29.7. The van der Waals surface area contributed by atoms with Gasteiger partial charge in [0.05, 0.1) is 17.4 Å². The predicted octanol–water partition coefficient (Wildman–Crippen LogP) is 4.41. The molecule has 1 aliphatic rings. The Balaban J connectivity index is 1.52. The standard InChI is InChI=1S/C31H34FN3O6/c1-19-30(3,28(37)38)27(23-6-4-5-7-24(23)32)31(29(39)40,20(2)35-19)14-17-41-26(36)13-12-21-8-10-22(11-9-21)18-25-33-15-16-34-25/h4-13,15-16,19-20,27,35H,14,17-18H2,1-3H3,(H,33,34)(H,37,38)(H,39,40). The molecule has 2 aromatic carbocycles. The van der Waals surface area contributed by atoms with E-state index in [2.05, 4.69) is 15.3 Å². The Bertz CT molecular complexity index is 1420. The third-order valence-corrected chi connectivity index (χ3v) is 8.44. The zero-order valence-corrected chi connectivity index (χ0v) is 23.1. The lowest BCUT2D eigenvalue weighted by Gasteiger charge is -2.56. The molecule has 9 nitrogen and oxygen atoms in total. The Morgan fingerprint density at radius 3 is 2.37 bits per heavy atom. The van der Waals surface area contributed by atoms with Crippen LogP contribution < -0.4 is 5.32 Å². The van der Waals surface area contributed by atoms with Crippen molar-refractivity contribution >= 4 is 24.0 Å². The van der Waals surface area contributed by atoms with Gasteiger partial charge in [-0.15, -0.1) is 0 Å². The number of carbonyl (C=O) groups excluding carboxylic acids is 1. The molecule has 5 atom stereocenters. The van der Waals surface area contributed by atoms with Crippen molar-refractivity contribution in [2.75, 3.05) is 6.61 Å². The highest BCUT2D eigenvalue weighted by Crippen LogP contribution is 2.57. The van der Waals surface area contributed by atoms with Gasteiger partial charge in [0.1, 0.15) is 11.6 Å². The zero-order valence-electron chi connectivity index (χ0n) is 23.1. The monoisotopic (exact) mass is 563 g/mol. The van der Waals surface area contributed by atoms with E-state index >= 15 is 4.39 Å². The molecule has 3 aromatic rings. The summed E-state index contributed by atoms with van der Waals surface area (Å²) in [6.45, 7) is 4.41. The van der Waals surface area contributed by atoms with Crippen molar-refractivity contribution in [2.45, 2.75) is 51.6 Å². The Hall–Kier alpha value is -4.31. The van der Waals surface area contributed by atoms with Crippen LogP contribution in [0.25, 0.3) is 6.08 Å². The molecule has 1 aromatic heterocycles. The molecule has 4 N–H and O–H groups in total. The topological polar surface area (TPSA) is 142 Å². The highest BCUT2D eigenvalue weighted by atomic mass is 19.1. The predicted molar refractivity (Wildman–Crippen MR) is 149 cm³/mol. The van der Waals surface area contributed by atoms with Crippen LogP contribution in [0, 0.1) is 16.6 Å². The number of aliphatic carboxylic acids is 2. The highest BCUT2D eigenvalue weighted by Gasteiger charge is 2.65. The van der Waals surface area contributed by atoms with Crippen LogP contribution in [0.3, 0.4) is 0 Å². The number of piperidine rings is 1. The maximum Gasteiger partial charge on any atom is 0.330 e. The summed E-state index contributed by atoms with van der Waals surface area (Å²) in [6.07, 6.45) is 6.69. The number of aromatic nitrogens is 2. The van der Waals surface area contributed by atoms with Crippen molar-refractivity contribution in [3.8, 4) is 0 Å². The molecule has 10 heteroatoms. The molecule has 0 aliphatic carbocycles. The summed E-state index contributed by atoms with van der Waals surface area (Å²) >= 11 is 0. The van der Waals surface area contributed by atoms with Crippen molar-refractivity contribution < 1.29 is 33.7 Å². The number of hydrogen-bond acceptors (Lipinski definition) is 6. The van der Waals surface area contributed by atoms with E-state index in [1.54, 1.807) is 38.4 Å². The number of carboxylic acids is 2. The van der Waals surface area contributed by atoms with E-state index in [1.165, 1.54) is 31.2 Å². The molecular formula is C31H34FN3O6. The van der Waals surface area contributed by atoms with Gasteiger partial charge in [-0.25, -0.2) is 14.2 Å². The maximum absolute atomic E-state index is 15.2. The highest BCUT2D eigenvalue weighted by molar-refractivity contribution is 5.87. The van der Waals surface area contributed by atoms with Crippen LogP contribution in [0.5, 0.6) is 0 Å². The van der Waals surface area contributed by atoms with E-state index in [4.69, 9.17) is 4.74 Å². The first-order valence-electron chi connectivity index (χ1n) is 13.4. The van der Waals surface area contributed by atoms with Crippen molar-refractivity contribution in [2.24, 2.45) is 10.8 Å². The summed E-state index contributed by atoms with van der Waals surface area (Å²) in [6, 6.07) is 11.7. The number of benzene rings is 2. The fourth-order valence-electron chi connectivity index (χ4n) is 5.99. The maximum atomic E-state index is 15.2. The lowest BCUT2D eigenvalue weighted by Crippen LogP contribution is -2.69. The van der Waals surface area contributed by atoms with Gasteiger partial charge < -0.3 is 25.3 Å². The lowest BCUT2D eigenvalue weighted by molar-refractivity contribution is -0.173. The van der Waals surface area contributed by atoms with E-state index in [0.29, 0.717) is 6.42 Å². The van der Waals surface area contributed by atoms with Crippen LogP contribution in [0.2, 0.25) is 0 Å². The average Bonchev–Trinajstić information content (AvgIpc) is 3.44. The Kier molecular flexibility index (Phi) is 8.72. The number of ether oxygens (including phenoxy) is 1. The van der Waals surface area contributed by atoms with E-state index in [1.807, 2.05) is 24.3 Å². The van der Waals surface area contributed by atoms with Crippen LogP contribution in [0.4, 0.5) is 4.39 Å². The van der Waals surface area contributed by atoms with Gasteiger partial charge in [-0.1, -0.05) is 42.5 Å². The summed E-state index contributed by atoms with van der Waals surface area (Å²) in [5, 5.41) is 24.0. The van der Waals surface area contributed by atoms with E-state index < -0.39 is 52.6 Å². The molecule has 0 spiro atoms. The molecule has 0 saturated carbocycles. The normalized spacial score (nSPS) is 26.1. The number of esters is 1. The molecule has 216 valence electrons. The van der Waals surface area contributed by atoms with Gasteiger partial charge in [-0.05, 0) is 56.0 Å². The number of carbonyl (C=O) groups is 3. The molecule has 5 unspecified atom stereocenters. The smallest absolute Gasteiger partial charge is 0.330 e. The van der Waals surface area contributed by atoms with E-state index in [-0.39, 0.29) is 18.6 Å². The number of rotatable bonds is 10. The molecule has 2 heterocycles. The lowest BCUT2D eigenvalue weighted by atomic mass is 9.51. The molecule has 41 heavy (non-hydrogen) atoms. The van der Waals surface area contributed by atoms with Gasteiger partial charge in [0.15, 0.2) is 0 Å². The quantitative estimate of drug-likeness (QED) is 0.210. The number of nitrogens with one attached hydrogen (secondary N) is 2. The minimum atomic E-state index is -1.80. The van der Waals surface area contributed by atoms with Crippen LogP contribution >= 0.6 is 0 Å². The van der Waals surface area contributed by atoms with Crippen LogP contribution in [0.1, 0.15) is 55.6 Å². The van der Waals surface area contributed by atoms with Gasteiger partial charge in [0.2, 0.25) is 0 Å². The molecular weight excluding hydrogens is 529 g/mol. The van der Waals surface area contributed by atoms with Crippen LogP contribution in [-0.4, -0.2) is 56.8 Å². The number of nitrogens with zero attached hydrogens (tertiary/aromatic N) is 1. The first-order valence-corrected chi connectivity index (χ1v) is 13.4. The molecule has 1 aliphatic heterocycles. The number of imidazole rings is 1. The molecule has 4 rings (SSSR count). The number of hydrogen-bond donors (Lipinski definition) is 4. The molecule has 0 amide bonds. The largest absolute Gasteiger partial charge is 0.481 e. The van der Waals surface area contributed by atoms with Crippen molar-refractivity contribution in [1.29, 1.82) is 0 Å². The second-order valence-electron chi connectivity index (χ2n) is 10.7. The zero-order chi connectivity index (χ0) is 29.8. The minimum Gasteiger partial charge on any atom is -0.481 e. The van der Waals surface area contributed by atoms with E-state index in [0.717, 1.165) is 17.0 Å². The molecule has 0 bridgehead atoms. The Morgan fingerprint density at radius 2 is 1.76 bits per heavy atom. The Morgan fingerprint density at radius 1 is 1.05 bits per heavy atom. The van der Waals surface area contributed by atoms with Crippen molar-refractivity contribution in [1.82, 2.24) is 15.3 Å². The summed E-state index contributed by atoms with van der Waals surface area (Å²) < 4.78 is 20.6. The summed E-state index contributed by atoms with van der Waals surface area (Å²) in [5.74, 6) is -4.34. The van der Waals surface area contributed by atoms with Gasteiger partial charge in [-0.3, -0.25) is 9.59 Å². The molecule has 1 fully saturated rings. The second kappa shape index (κ2) is 12.1. The summed E-state index contributed by atoms with van der Waals surface area (Å²) in [5.41, 5.74) is -1.67. The third kappa shape index (κ3) is 5.78. The van der Waals surface area contributed by atoms with E-state index in [9.17, 15) is 24.6 Å².